The summed E-state index contributed by atoms with van der Waals surface area (Å²) in [5.41, 5.74) is 1.47. The van der Waals surface area contributed by atoms with Crippen LogP contribution in [-0.4, -0.2) is 26.2 Å². The van der Waals surface area contributed by atoms with E-state index in [0.29, 0.717) is 34.6 Å². The summed E-state index contributed by atoms with van der Waals surface area (Å²) in [4.78, 5) is 17.2. The van der Waals surface area contributed by atoms with E-state index in [9.17, 15) is 4.79 Å². The maximum absolute atomic E-state index is 13.0. The zero-order valence-corrected chi connectivity index (χ0v) is 18.7. The molecule has 4 rings (SSSR count). The van der Waals surface area contributed by atoms with Crippen LogP contribution in [0.3, 0.4) is 0 Å². The number of piperidine rings is 1. The number of ketones is 1. The quantitative estimate of drug-likeness (QED) is 0.516. The SMILES string of the molecule is CC1(C)CC(CC(=O)c2ccc(Oc3cccc4nccn34)c(Cl)c2)CC(C)(C)N1. The van der Waals surface area contributed by atoms with Crippen LogP contribution in [0.2, 0.25) is 5.02 Å². The van der Waals surface area contributed by atoms with Crippen molar-refractivity contribution in [2.75, 3.05) is 0 Å². The third-order valence-electron chi connectivity index (χ3n) is 5.61. The van der Waals surface area contributed by atoms with Gasteiger partial charge >= 0.3 is 0 Å². The molecule has 1 N–H and O–H groups in total. The normalized spacial score (nSPS) is 18.4. The Morgan fingerprint density at radius 1 is 1.20 bits per heavy atom. The lowest BCUT2D eigenvalue weighted by Crippen LogP contribution is -2.57. The highest BCUT2D eigenvalue weighted by molar-refractivity contribution is 6.32. The largest absolute Gasteiger partial charge is 0.439 e. The third-order valence-corrected chi connectivity index (χ3v) is 5.90. The van der Waals surface area contributed by atoms with Gasteiger partial charge in [0.2, 0.25) is 5.88 Å². The van der Waals surface area contributed by atoms with Crippen molar-refractivity contribution in [3.63, 3.8) is 0 Å². The minimum atomic E-state index is 0.0242. The Hall–Kier alpha value is -2.37. The maximum Gasteiger partial charge on any atom is 0.205 e. The minimum Gasteiger partial charge on any atom is -0.439 e. The first-order valence-corrected chi connectivity index (χ1v) is 10.7. The summed E-state index contributed by atoms with van der Waals surface area (Å²) in [5, 5.41) is 4.09. The first-order chi connectivity index (χ1) is 14.1. The molecule has 158 valence electrons. The third kappa shape index (κ3) is 4.52. The molecule has 6 heteroatoms. The van der Waals surface area contributed by atoms with Crippen LogP contribution in [0.25, 0.3) is 5.65 Å². The van der Waals surface area contributed by atoms with Gasteiger partial charge in [-0.05, 0) is 76.8 Å². The number of aromatic nitrogens is 2. The lowest BCUT2D eigenvalue weighted by molar-refractivity contribution is 0.0864. The molecular formula is C24H28ClN3O2. The van der Waals surface area contributed by atoms with Crippen molar-refractivity contribution in [3.8, 4) is 11.6 Å². The summed E-state index contributed by atoms with van der Waals surface area (Å²) in [5.74, 6) is 1.60. The van der Waals surface area contributed by atoms with Gasteiger partial charge in [-0.2, -0.15) is 0 Å². The molecule has 0 spiro atoms. The van der Waals surface area contributed by atoms with Crippen LogP contribution >= 0.6 is 11.6 Å². The van der Waals surface area contributed by atoms with E-state index in [4.69, 9.17) is 16.3 Å². The topological polar surface area (TPSA) is 55.6 Å². The molecule has 5 nitrogen and oxygen atoms in total. The summed E-state index contributed by atoms with van der Waals surface area (Å²) in [6, 6.07) is 10.9. The molecule has 0 radical (unpaired) electrons. The fourth-order valence-electron chi connectivity index (χ4n) is 4.93. The van der Waals surface area contributed by atoms with Crippen molar-refractivity contribution in [1.82, 2.24) is 14.7 Å². The van der Waals surface area contributed by atoms with Crippen molar-refractivity contribution < 1.29 is 9.53 Å². The van der Waals surface area contributed by atoms with E-state index in [1.165, 1.54) is 0 Å². The number of hydrogen-bond donors (Lipinski definition) is 1. The Morgan fingerprint density at radius 3 is 2.63 bits per heavy atom. The van der Waals surface area contributed by atoms with Crippen LogP contribution in [0, 0.1) is 5.92 Å². The Labute approximate surface area is 182 Å². The van der Waals surface area contributed by atoms with E-state index in [1.807, 2.05) is 28.8 Å². The van der Waals surface area contributed by atoms with Gasteiger partial charge in [-0.15, -0.1) is 0 Å². The Bertz CT molecular complexity index is 1070. The van der Waals surface area contributed by atoms with Gasteiger partial charge in [-0.1, -0.05) is 17.7 Å². The highest BCUT2D eigenvalue weighted by atomic mass is 35.5. The van der Waals surface area contributed by atoms with Crippen molar-refractivity contribution in [2.45, 2.75) is 58.0 Å². The fraction of sp³-hybridized carbons (Fsp3) is 0.417. The van der Waals surface area contributed by atoms with Crippen LogP contribution in [0.4, 0.5) is 0 Å². The molecule has 2 aromatic heterocycles. The molecule has 1 saturated heterocycles. The monoisotopic (exact) mass is 425 g/mol. The van der Waals surface area contributed by atoms with Gasteiger partial charge in [0.1, 0.15) is 11.4 Å². The minimum absolute atomic E-state index is 0.0242. The molecule has 0 bridgehead atoms. The van der Waals surface area contributed by atoms with E-state index in [0.717, 1.165) is 18.5 Å². The number of pyridine rings is 1. The fourth-order valence-corrected chi connectivity index (χ4v) is 5.15. The number of Topliss-reactive ketones (excluding diaryl/α,β-unsaturated/α-hetero) is 1. The summed E-state index contributed by atoms with van der Waals surface area (Å²) in [6.07, 6.45) is 6.03. The molecule has 1 aromatic carbocycles. The molecule has 3 aromatic rings. The summed E-state index contributed by atoms with van der Waals surface area (Å²) in [7, 11) is 0. The summed E-state index contributed by atoms with van der Waals surface area (Å²) < 4.78 is 7.83. The van der Waals surface area contributed by atoms with E-state index >= 15 is 0 Å². The predicted octanol–water partition coefficient (Wildman–Crippen LogP) is 5.91. The molecule has 0 saturated carbocycles. The van der Waals surface area contributed by atoms with Crippen LogP contribution < -0.4 is 10.1 Å². The van der Waals surface area contributed by atoms with E-state index in [-0.39, 0.29) is 16.9 Å². The van der Waals surface area contributed by atoms with Crippen LogP contribution in [-0.2, 0) is 0 Å². The number of benzene rings is 1. The second-order valence-electron chi connectivity index (χ2n) is 9.56. The van der Waals surface area contributed by atoms with Gasteiger partial charge in [-0.3, -0.25) is 9.20 Å². The van der Waals surface area contributed by atoms with Gasteiger partial charge in [0, 0.05) is 35.5 Å². The van der Waals surface area contributed by atoms with Crippen molar-refractivity contribution in [2.24, 2.45) is 5.92 Å². The zero-order valence-electron chi connectivity index (χ0n) is 17.9. The van der Waals surface area contributed by atoms with Gasteiger partial charge in [0.15, 0.2) is 5.78 Å². The van der Waals surface area contributed by atoms with Gasteiger partial charge < -0.3 is 10.1 Å². The standard InChI is InChI=1S/C24H28ClN3O2/c1-23(2)14-16(15-24(3,4)27-23)12-19(29)17-8-9-20(18(25)13-17)30-22-7-5-6-21-26-10-11-28(21)22/h5-11,13,16,27H,12,14-15H2,1-4H3. The number of ether oxygens (including phenoxy) is 1. The second kappa shape index (κ2) is 7.71. The number of fused-ring (bicyclic) bond motifs is 1. The van der Waals surface area contributed by atoms with Gasteiger partial charge in [0.25, 0.3) is 0 Å². The molecule has 0 unspecified atom stereocenters. The molecule has 3 heterocycles. The molecule has 30 heavy (non-hydrogen) atoms. The Morgan fingerprint density at radius 2 is 1.93 bits per heavy atom. The molecule has 1 aliphatic rings. The smallest absolute Gasteiger partial charge is 0.205 e. The first kappa shape index (κ1) is 20.9. The second-order valence-corrected chi connectivity index (χ2v) is 9.97. The summed E-state index contributed by atoms with van der Waals surface area (Å²) in [6.45, 7) is 8.81. The number of nitrogens with zero attached hydrogens (tertiary/aromatic N) is 2. The van der Waals surface area contributed by atoms with Crippen LogP contribution in [0.1, 0.15) is 57.3 Å². The van der Waals surface area contributed by atoms with Crippen molar-refractivity contribution >= 4 is 23.0 Å². The molecule has 0 atom stereocenters. The zero-order chi connectivity index (χ0) is 21.5. The lowest BCUT2D eigenvalue weighted by atomic mass is 9.74. The number of rotatable bonds is 5. The predicted molar refractivity (Wildman–Crippen MR) is 120 cm³/mol. The van der Waals surface area contributed by atoms with E-state index in [2.05, 4.69) is 38.0 Å². The highest BCUT2D eigenvalue weighted by Crippen LogP contribution is 2.36. The lowest BCUT2D eigenvalue weighted by Gasteiger charge is -2.46. The van der Waals surface area contributed by atoms with E-state index in [1.54, 1.807) is 24.4 Å². The first-order valence-electron chi connectivity index (χ1n) is 10.3. The van der Waals surface area contributed by atoms with Crippen LogP contribution in [0.5, 0.6) is 11.6 Å². The molecule has 0 aliphatic carbocycles. The average molecular weight is 426 g/mol. The highest BCUT2D eigenvalue weighted by Gasteiger charge is 2.38. The van der Waals surface area contributed by atoms with Crippen molar-refractivity contribution in [3.05, 3.63) is 59.4 Å². The number of imidazole rings is 1. The van der Waals surface area contributed by atoms with E-state index < -0.39 is 0 Å². The van der Waals surface area contributed by atoms with Crippen molar-refractivity contribution in [1.29, 1.82) is 0 Å². The Balaban J connectivity index is 1.49. The number of carbonyl (C=O) groups is 1. The molecule has 1 aliphatic heterocycles. The summed E-state index contributed by atoms with van der Waals surface area (Å²) >= 11 is 6.47. The van der Waals surface area contributed by atoms with Crippen LogP contribution in [0.15, 0.2) is 48.8 Å². The Kier molecular flexibility index (Phi) is 5.37. The number of halogens is 1. The number of hydrogen-bond acceptors (Lipinski definition) is 4. The maximum atomic E-state index is 13.0. The molecular weight excluding hydrogens is 398 g/mol. The van der Waals surface area contributed by atoms with Gasteiger partial charge in [-0.25, -0.2) is 4.98 Å². The molecule has 1 fully saturated rings. The number of nitrogens with one attached hydrogen (secondary N) is 1. The molecule has 0 amide bonds. The van der Waals surface area contributed by atoms with Gasteiger partial charge in [0.05, 0.1) is 5.02 Å². The number of carbonyl (C=O) groups excluding carboxylic acids is 1. The average Bonchev–Trinajstić information content (AvgIpc) is 3.10.